The lowest BCUT2D eigenvalue weighted by molar-refractivity contribution is -0.870. The van der Waals surface area contributed by atoms with Crippen molar-refractivity contribution in [3.8, 4) is 0 Å². The number of rotatable bonds is 36. The summed E-state index contributed by atoms with van der Waals surface area (Å²) in [6, 6.07) is 0. The summed E-state index contributed by atoms with van der Waals surface area (Å²) in [4.78, 5) is 37.5. The van der Waals surface area contributed by atoms with E-state index in [-0.39, 0.29) is 26.1 Å². The van der Waals surface area contributed by atoms with Crippen LogP contribution in [0.1, 0.15) is 117 Å². The van der Waals surface area contributed by atoms with Gasteiger partial charge in [0.25, 0.3) is 7.82 Å². The molecule has 0 saturated heterocycles. The number of allylic oxidation sites excluding steroid dienone is 14. The Hall–Kier alpha value is -3.15. The first-order chi connectivity index (χ1) is 27.8. The highest BCUT2D eigenvalue weighted by molar-refractivity contribution is 7.45. The molecule has 11 nitrogen and oxygen atoms in total. The number of hydrogen-bond acceptors (Lipinski definition) is 10. The largest absolute Gasteiger partial charge is 0.756 e. The Morgan fingerprint density at radius 3 is 1.79 bits per heavy atom. The third kappa shape index (κ3) is 39.7. The molecule has 0 amide bonds. The minimum atomic E-state index is -4.70. The van der Waals surface area contributed by atoms with Gasteiger partial charge in [-0.05, 0) is 70.6 Å². The number of ether oxygens (including phenoxy) is 2. The van der Waals surface area contributed by atoms with Crippen LogP contribution >= 0.6 is 7.82 Å². The van der Waals surface area contributed by atoms with E-state index >= 15 is 0 Å². The van der Waals surface area contributed by atoms with E-state index in [4.69, 9.17) is 18.5 Å². The molecule has 0 fully saturated rings. The summed E-state index contributed by atoms with van der Waals surface area (Å²) in [6.07, 6.45) is 40.9. The number of carbonyl (C=O) groups excluding carboxylic acids is 2. The van der Waals surface area contributed by atoms with Crippen molar-refractivity contribution in [1.29, 1.82) is 0 Å². The number of quaternary nitrogens is 1. The van der Waals surface area contributed by atoms with E-state index in [1.54, 1.807) is 18.2 Å². The zero-order chi connectivity index (χ0) is 43.2. The van der Waals surface area contributed by atoms with Crippen LogP contribution in [0.15, 0.2) is 97.2 Å². The molecule has 0 bridgehead atoms. The number of phosphoric acid groups is 1. The predicted molar refractivity (Wildman–Crippen MR) is 234 cm³/mol. The SMILES string of the molecule is CC/C=C\C/C=C\C/C=C\C/C=C\CCCCC(=O)O[C@H](COC(=O)CCC[C@@H](O)/C=C/C=C\C/C=C\C=C\[C@@H](O)CCCCC)COP(=O)([O-])OCC[N+](C)(C)C. The topological polar surface area (TPSA) is 152 Å². The first-order valence-corrected chi connectivity index (χ1v) is 22.6. The molecule has 0 aromatic carbocycles. The Morgan fingerprint density at radius 1 is 0.655 bits per heavy atom. The molecule has 0 aromatic heterocycles. The van der Waals surface area contributed by atoms with Crippen LogP contribution in [0, 0.1) is 0 Å². The maximum atomic E-state index is 12.6. The molecular formula is C46H76NO10P. The van der Waals surface area contributed by atoms with Crippen LogP contribution in [0.25, 0.3) is 0 Å². The summed E-state index contributed by atoms with van der Waals surface area (Å²) in [7, 11) is 0.990. The molecule has 4 atom stereocenters. The molecule has 2 N–H and O–H groups in total. The number of esters is 2. The second kappa shape index (κ2) is 36.9. The first-order valence-electron chi connectivity index (χ1n) is 21.2. The normalized spacial score (nSPS) is 15.7. The molecule has 0 aliphatic rings. The Balaban J connectivity index is 4.71. The van der Waals surface area contributed by atoms with Crippen LogP contribution in [0.5, 0.6) is 0 Å². The van der Waals surface area contributed by atoms with Gasteiger partial charge < -0.3 is 38.1 Å². The van der Waals surface area contributed by atoms with Crippen molar-refractivity contribution < 1.29 is 52.3 Å². The van der Waals surface area contributed by atoms with Gasteiger partial charge in [0.05, 0.1) is 40.0 Å². The Morgan fingerprint density at radius 2 is 1.21 bits per heavy atom. The van der Waals surface area contributed by atoms with Crippen LogP contribution in [0.4, 0.5) is 0 Å². The van der Waals surface area contributed by atoms with Crippen molar-refractivity contribution >= 4 is 19.8 Å². The number of nitrogens with zero attached hydrogens (tertiary/aromatic N) is 1. The molecule has 12 heteroatoms. The van der Waals surface area contributed by atoms with Crippen molar-refractivity contribution in [2.24, 2.45) is 0 Å². The second-order valence-corrected chi connectivity index (χ2v) is 16.4. The van der Waals surface area contributed by atoms with Crippen LogP contribution in [-0.4, -0.2) is 92.5 Å². The molecule has 0 heterocycles. The van der Waals surface area contributed by atoms with Crippen molar-refractivity contribution in [2.45, 2.75) is 135 Å². The summed E-state index contributed by atoms with van der Waals surface area (Å²) in [5, 5.41) is 20.2. The standard InChI is InChI=1S/C46H76NO10P/c1-6-8-10-11-12-13-14-15-16-17-18-19-23-26-30-36-46(51)57-44(41-56-58(52,53)55-39-38-47(3,4)5)40-54-45(50)37-31-35-43(49)34-29-25-22-20-21-24-28-33-42(48)32-27-9-7-2/h8,10,12-13,15-16,18-19,21-22,24-25,28-29,33-34,42-44,48-49H,6-7,9,11,14,17,20,23,26-27,30-32,35-41H2,1-5H3/b10-8-,13-12-,16-15-,19-18-,24-21-,25-22-,33-28+,34-29+/t42-,43-,44+/m0/s1. The first kappa shape index (κ1) is 54.9. The molecule has 0 rings (SSSR count). The Labute approximate surface area is 350 Å². The number of hydrogen-bond donors (Lipinski definition) is 2. The van der Waals surface area contributed by atoms with E-state index in [1.165, 1.54) is 0 Å². The smallest absolute Gasteiger partial charge is 0.306 e. The average molecular weight is 834 g/mol. The average Bonchev–Trinajstić information content (AvgIpc) is 3.16. The van der Waals surface area contributed by atoms with Crippen LogP contribution in [0.2, 0.25) is 0 Å². The number of carbonyl (C=O) groups is 2. The van der Waals surface area contributed by atoms with E-state index < -0.39 is 44.7 Å². The fourth-order valence-corrected chi connectivity index (χ4v) is 5.64. The molecule has 0 aromatic rings. The lowest BCUT2D eigenvalue weighted by Gasteiger charge is -2.28. The van der Waals surface area contributed by atoms with Crippen molar-refractivity contribution in [3.63, 3.8) is 0 Å². The van der Waals surface area contributed by atoms with Gasteiger partial charge in [-0.25, -0.2) is 0 Å². The van der Waals surface area contributed by atoms with E-state index in [0.29, 0.717) is 36.7 Å². The van der Waals surface area contributed by atoms with Gasteiger partial charge in [0.1, 0.15) is 19.8 Å². The Bertz CT molecular complexity index is 1340. The van der Waals surface area contributed by atoms with Gasteiger partial charge in [0.15, 0.2) is 6.10 Å². The van der Waals surface area contributed by atoms with E-state index in [9.17, 15) is 29.3 Å². The maximum Gasteiger partial charge on any atom is 0.306 e. The minimum absolute atomic E-state index is 0.0133. The van der Waals surface area contributed by atoms with Crippen molar-refractivity contribution in [2.75, 3.05) is 47.5 Å². The third-order valence-corrected chi connectivity index (χ3v) is 9.26. The van der Waals surface area contributed by atoms with Gasteiger partial charge in [-0.2, -0.15) is 0 Å². The highest BCUT2D eigenvalue weighted by Crippen LogP contribution is 2.38. The fraction of sp³-hybridized carbons (Fsp3) is 0.609. The third-order valence-electron chi connectivity index (χ3n) is 8.30. The summed E-state index contributed by atoms with van der Waals surface area (Å²) in [5.74, 6) is -1.12. The summed E-state index contributed by atoms with van der Waals surface area (Å²) in [6.45, 7) is 3.66. The van der Waals surface area contributed by atoms with Crippen LogP contribution in [0.3, 0.4) is 0 Å². The van der Waals surface area contributed by atoms with Crippen LogP contribution < -0.4 is 4.89 Å². The number of aliphatic hydroxyl groups is 2. The number of likely N-dealkylation sites (N-methyl/N-ethyl adjacent to an activating group) is 1. The molecule has 0 saturated carbocycles. The Kier molecular flexibility index (Phi) is 34.9. The van der Waals surface area contributed by atoms with Gasteiger partial charge in [-0.15, -0.1) is 0 Å². The van der Waals surface area contributed by atoms with Crippen molar-refractivity contribution in [1.82, 2.24) is 0 Å². The number of unbranched alkanes of at least 4 members (excludes halogenated alkanes) is 4. The second-order valence-electron chi connectivity index (χ2n) is 15.0. The van der Waals surface area contributed by atoms with Gasteiger partial charge >= 0.3 is 11.9 Å². The monoisotopic (exact) mass is 834 g/mol. The zero-order valence-electron chi connectivity index (χ0n) is 36.2. The quantitative estimate of drug-likeness (QED) is 0.0156. The van der Waals surface area contributed by atoms with Gasteiger partial charge in [0.2, 0.25) is 0 Å². The van der Waals surface area contributed by atoms with E-state index in [0.717, 1.165) is 64.2 Å². The lowest BCUT2D eigenvalue weighted by atomic mass is 10.1. The van der Waals surface area contributed by atoms with Gasteiger partial charge in [0, 0.05) is 12.8 Å². The van der Waals surface area contributed by atoms with Gasteiger partial charge in [-0.3, -0.25) is 14.2 Å². The van der Waals surface area contributed by atoms with Crippen LogP contribution in [-0.2, 0) is 32.7 Å². The molecule has 0 spiro atoms. The lowest BCUT2D eigenvalue weighted by Crippen LogP contribution is -2.37. The molecule has 0 radical (unpaired) electrons. The van der Waals surface area contributed by atoms with E-state index in [2.05, 4.69) is 62.5 Å². The molecule has 1 unspecified atom stereocenters. The van der Waals surface area contributed by atoms with E-state index in [1.807, 2.05) is 51.5 Å². The maximum absolute atomic E-state index is 12.6. The molecule has 0 aliphatic heterocycles. The highest BCUT2D eigenvalue weighted by Gasteiger charge is 2.21. The van der Waals surface area contributed by atoms with Crippen molar-refractivity contribution in [3.05, 3.63) is 97.2 Å². The predicted octanol–water partition coefficient (Wildman–Crippen LogP) is 9.10. The minimum Gasteiger partial charge on any atom is -0.756 e. The fourth-order valence-electron chi connectivity index (χ4n) is 4.92. The summed E-state index contributed by atoms with van der Waals surface area (Å²) >= 11 is 0. The molecule has 0 aliphatic carbocycles. The molecule has 58 heavy (non-hydrogen) atoms. The summed E-state index contributed by atoms with van der Waals surface area (Å²) in [5.41, 5.74) is 0. The van der Waals surface area contributed by atoms with Gasteiger partial charge in [-0.1, -0.05) is 130 Å². The zero-order valence-corrected chi connectivity index (χ0v) is 37.1. The number of phosphoric ester groups is 1. The highest BCUT2D eigenvalue weighted by atomic mass is 31.2. The molecular weight excluding hydrogens is 757 g/mol. The summed E-state index contributed by atoms with van der Waals surface area (Å²) < 4.78 is 33.6. The number of aliphatic hydroxyl groups excluding tert-OH is 2. The molecule has 330 valence electrons.